The van der Waals surface area contributed by atoms with Crippen LogP contribution in [-0.4, -0.2) is 68.8 Å². The summed E-state index contributed by atoms with van der Waals surface area (Å²) >= 11 is 1.51. The van der Waals surface area contributed by atoms with Crippen molar-refractivity contribution in [2.24, 2.45) is 5.92 Å². The van der Waals surface area contributed by atoms with Crippen LogP contribution < -0.4 is 4.90 Å². The number of fused-ring (bicyclic) bond motifs is 1. The third-order valence-corrected chi connectivity index (χ3v) is 9.35. The summed E-state index contributed by atoms with van der Waals surface area (Å²) in [7, 11) is 0.456. The van der Waals surface area contributed by atoms with Crippen molar-refractivity contribution in [3.8, 4) is 0 Å². The Morgan fingerprint density at radius 3 is 2.50 bits per heavy atom. The molecule has 0 saturated carbocycles. The molecule has 1 aliphatic heterocycles. The maximum atomic E-state index is 13.6. The van der Waals surface area contributed by atoms with Crippen molar-refractivity contribution in [2.45, 2.75) is 38.0 Å². The lowest BCUT2D eigenvalue weighted by Gasteiger charge is -2.30. The van der Waals surface area contributed by atoms with Crippen molar-refractivity contribution in [3.05, 3.63) is 53.6 Å². The molecule has 0 bridgehead atoms. The van der Waals surface area contributed by atoms with Gasteiger partial charge in [-0.05, 0) is 88.6 Å². The molecular formula is C26H35ClN4O3S2. The van der Waals surface area contributed by atoms with Gasteiger partial charge in [-0.25, -0.2) is 13.4 Å². The molecule has 1 unspecified atom stereocenters. The minimum atomic E-state index is -3.56. The molecule has 4 rings (SSSR count). The number of anilines is 1. The third-order valence-electron chi connectivity index (χ3n) is 6.43. The number of nitrogens with zero attached hydrogens (tertiary/aromatic N) is 4. The molecule has 1 aliphatic rings. The predicted molar refractivity (Wildman–Crippen MR) is 150 cm³/mol. The number of para-hydroxylation sites is 1. The van der Waals surface area contributed by atoms with Gasteiger partial charge >= 0.3 is 0 Å². The molecule has 2 heterocycles. The van der Waals surface area contributed by atoms with Crippen molar-refractivity contribution < 1.29 is 13.2 Å². The average molecular weight is 551 g/mol. The van der Waals surface area contributed by atoms with Gasteiger partial charge in [0, 0.05) is 25.2 Å². The van der Waals surface area contributed by atoms with Gasteiger partial charge in [-0.1, -0.05) is 30.4 Å². The molecule has 1 amide bonds. The van der Waals surface area contributed by atoms with E-state index in [0.29, 0.717) is 36.2 Å². The molecule has 36 heavy (non-hydrogen) atoms. The van der Waals surface area contributed by atoms with E-state index in [2.05, 4.69) is 11.8 Å². The minimum Gasteiger partial charge on any atom is -0.309 e. The first-order chi connectivity index (χ1) is 16.7. The summed E-state index contributed by atoms with van der Waals surface area (Å²) in [5, 5.41) is 0.664. The zero-order valence-corrected chi connectivity index (χ0v) is 23.8. The number of aryl methyl sites for hydroxylation is 1. The highest BCUT2D eigenvalue weighted by molar-refractivity contribution is 7.89. The average Bonchev–Trinajstić information content (AvgIpc) is 3.27. The Bertz CT molecular complexity index is 1290. The van der Waals surface area contributed by atoms with E-state index in [4.69, 9.17) is 4.98 Å². The summed E-state index contributed by atoms with van der Waals surface area (Å²) in [4.78, 5) is 22.4. The van der Waals surface area contributed by atoms with E-state index in [1.807, 2.05) is 39.2 Å². The second-order valence-electron chi connectivity index (χ2n) is 9.67. The molecular weight excluding hydrogens is 516 g/mol. The first-order valence-electron chi connectivity index (χ1n) is 12.1. The Morgan fingerprint density at radius 1 is 1.14 bits per heavy atom. The smallest absolute Gasteiger partial charge is 0.260 e. The predicted octanol–water partition coefficient (Wildman–Crippen LogP) is 5.05. The Hall–Kier alpha value is -2.04. The van der Waals surface area contributed by atoms with Crippen molar-refractivity contribution in [1.82, 2.24) is 14.2 Å². The van der Waals surface area contributed by atoms with Gasteiger partial charge in [-0.3, -0.25) is 9.69 Å². The van der Waals surface area contributed by atoms with Crippen LogP contribution in [0.15, 0.2) is 47.4 Å². The Kier molecular flexibility index (Phi) is 9.51. The molecule has 2 aromatic carbocycles. The second-order valence-corrected chi connectivity index (χ2v) is 12.6. The van der Waals surface area contributed by atoms with Crippen LogP contribution in [0.2, 0.25) is 0 Å². The number of sulfonamides is 1. The zero-order chi connectivity index (χ0) is 25.2. The number of hydrogen-bond donors (Lipinski definition) is 0. The highest BCUT2D eigenvalue weighted by atomic mass is 35.5. The minimum absolute atomic E-state index is 0. The van der Waals surface area contributed by atoms with E-state index in [0.717, 1.165) is 41.6 Å². The highest BCUT2D eigenvalue weighted by Gasteiger charge is 2.29. The van der Waals surface area contributed by atoms with Crippen molar-refractivity contribution in [1.29, 1.82) is 0 Å². The summed E-state index contributed by atoms with van der Waals surface area (Å²) in [6, 6.07) is 12.4. The quantitative estimate of drug-likeness (QED) is 0.392. The van der Waals surface area contributed by atoms with Crippen LogP contribution in [-0.2, 0) is 10.0 Å². The lowest BCUT2D eigenvalue weighted by molar-refractivity contribution is 0.0986. The molecule has 10 heteroatoms. The molecule has 1 aromatic heterocycles. The first-order valence-corrected chi connectivity index (χ1v) is 14.4. The molecule has 0 spiro atoms. The van der Waals surface area contributed by atoms with Crippen LogP contribution in [0.1, 0.15) is 42.1 Å². The molecule has 7 nitrogen and oxygen atoms in total. The molecule has 3 aromatic rings. The Morgan fingerprint density at radius 2 is 1.86 bits per heavy atom. The molecule has 1 fully saturated rings. The number of carbonyl (C=O) groups excluding carboxylic acids is 1. The van der Waals surface area contributed by atoms with E-state index in [-0.39, 0.29) is 23.2 Å². The van der Waals surface area contributed by atoms with E-state index in [1.165, 1.54) is 11.3 Å². The first kappa shape index (κ1) is 28.5. The fourth-order valence-electron chi connectivity index (χ4n) is 4.46. The largest absolute Gasteiger partial charge is 0.309 e. The number of aromatic nitrogens is 1. The Labute approximate surface area is 224 Å². The Balaban J connectivity index is 0.00000361. The van der Waals surface area contributed by atoms with Crippen LogP contribution in [0.3, 0.4) is 0 Å². The van der Waals surface area contributed by atoms with Crippen molar-refractivity contribution in [3.63, 3.8) is 0 Å². The second kappa shape index (κ2) is 12.0. The summed E-state index contributed by atoms with van der Waals surface area (Å²) in [6.45, 7) is 6.56. The fraction of sp³-hybridized carbons (Fsp3) is 0.462. The number of rotatable bonds is 8. The fourth-order valence-corrected chi connectivity index (χ4v) is 7.12. The summed E-state index contributed by atoms with van der Waals surface area (Å²) in [5.41, 5.74) is 2.44. The van der Waals surface area contributed by atoms with Crippen LogP contribution in [0.5, 0.6) is 0 Å². The van der Waals surface area contributed by atoms with Gasteiger partial charge in [-0.2, -0.15) is 4.31 Å². The zero-order valence-electron chi connectivity index (χ0n) is 21.3. The number of carbonyl (C=O) groups is 1. The monoisotopic (exact) mass is 550 g/mol. The van der Waals surface area contributed by atoms with Crippen LogP contribution in [0.25, 0.3) is 10.2 Å². The lowest BCUT2D eigenvalue weighted by Crippen LogP contribution is -2.39. The van der Waals surface area contributed by atoms with E-state index < -0.39 is 10.0 Å². The molecule has 0 aliphatic carbocycles. The maximum Gasteiger partial charge on any atom is 0.260 e. The van der Waals surface area contributed by atoms with E-state index >= 15 is 0 Å². The summed E-state index contributed by atoms with van der Waals surface area (Å²) in [6.07, 6.45) is 2.72. The van der Waals surface area contributed by atoms with E-state index in [1.54, 1.807) is 33.5 Å². The maximum absolute atomic E-state index is 13.6. The molecule has 1 atom stereocenters. The van der Waals surface area contributed by atoms with Gasteiger partial charge < -0.3 is 4.90 Å². The lowest BCUT2D eigenvalue weighted by atomic mass is 10.0. The summed E-state index contributed by atoms with van der Waals surface area (Å²) < 4.78 is 28.9. The number of piperidine rings is 1. The molecule has 1 saturated heterocycles. The van der Waals surface area contributed by atoms with Crippen LogP contribution >= 0.6 is 23.7 Å². The third kappa shape index (κ3) is 6.26. The van der Waals surface area contributed by atoms with Crippen molar-refractivity contribution in [2.75, 3.05) is 45.2 Å². The van der Waals surface area contributed by atoms with Gasteiger partial charge in [0.05, 0.1) is 15.1 Å². The highest BCUT2D eigenvalue weighted by Crippen LogP contribution is 2.32. The number of benzene rings is 2. The number of amides is 1. The van der Waals surface area contributed by atoms with Crippen LogP contribution in [0, 0.1) is 12.8 Å². The van der Waals surface area contributed by atoms with E-state index in [9.17, 15) is 13.2 Å². The van der Waals surface area contributed by atoms with Crippen LogP contribution in [0.4, 0.5) is 5.13 Å². The number of halogens is 1. The van der Waals surface area contributed by atoms with Gasteiger partial charge in [-0.15, -0.1) is 12.4 Å². The van der Waals surface area contributed by atoms with Gasteiger partial charge in [0.15, 0.2) is 5.13 Å². The number of thiazole rings is 1. The molecule has 196 valence electrons. The van der Waals surface area contributed by atoms with Gasteiger partial charge in [0.25, 0.3) is 5.91 Å². The topological polar surface area (TPSA) is 73.8 Å². The number of hydrogen-bond acceptors (Lipinski definition) is 6. The van der Waals surface area contributed by atoms with Crippen molar-refractivity contribution >= 4 is 55.0 Å². The molecule has 0 radical (unpaired) electrons. The van der Waals surface area contributed by atoms with Gasteiger partial charge in [0.1, 0.15) is 0 Å². The molecule has 0 N–H and O–H groups in total. The SMILES string of the molecule is Cc1cccc2sc(N(CCCN(C)C)C(=O)c3ccc(S(=O)(=O)N4CCCC(C)C4)cc3)nc12.Cl. The van der Waals surface area contributed by atoms with Gasteiger partial charge in [0.2, 0.25) is 10.0 Å². The normalized spacial score (nSPS) is 16.8. The summed E-state index contributed by atoms with van der Waals surface area (Å²) in [5.74, 6) is 0.184. The standard InChI is InChI=1S/C26H34N4O3S2.ClH/c1-19-8-6-16-29(18-19)35(32,33)22-13-11-21(12-14-22)25(31)30(17-7-15-28(3)4)26-27-24-20(2)9-5-10-23(24)34-26;/h5,9-14,19H,6-8,15-18H2,1-4H3;1H.